The molecule has 0 atom stereocenters. The Hall–Kier alpha value is -1.46. The van der Waals surface area contributed by atoms with Crippen LogP contribution < -0.4 is 0 Å². The lowest BCUT2D eigenvalue weighted by Gasteiger charge is -2.46. The number of likely N-dealkylation sites (N-methyl/N-ethyl adjacent to an activating group) is 1. The molecule has 1 aromatic rings. The van der Waals surface area contributed by atoms with E-state index in [1.165, 1.54) is 12.1 Å². The Morgan fingerprint density at radius 3 is 2.55 bits per heavy atom. The number of ether oxygens (including phenoxy) is 1. The fourth-order valence-electron chi connectivity index (χ4n) is 3.35. The summed E-state index contributed by atoms with van der Waals surface area (Å²) in [4.78, 5) is 16.0. The predicted molar refractivity (Wildman–Crippen MR) is 81.8 cm³/mol. The number of amides is 1. The van der Waals surface area contributed by atoms with Crippen molar-refractivity contribution in [1.29, 1.82) is 0 Å². The van der Waals surface area contributed by atoms with Crippen LogP contribution in [0.5, 0.6) is 0 Å². The van der Waals surface area contributed by atoms with Crippen LogP contribution in [0.25, 0.3) is 0 Å². The molecule has 0 N–H and O–H groups in total. The summed E-state index contributed by atoms with van der Waals surface area (Å²) < 4.78 is 18.8. The maximum Gasteiger partial charge on any atom is 0.248 e. The Morgan fingerprint density at radius 2 is 1.91 bits per heavy atom. The van der Waals surface area contributed by atoms with Gasteiger partial charge in [0.2, 0.25) is 5.91 Å². The Labute approximate surface area is 130 Å². The highest BCUT2D eigenvalue weighted by molar-refractivity contribution is 5.78. The molecule has 120 valence electrons. The van der Waals surface area contributed by atoms with Gasteiger partial charge >= 0.3 is 0 Å². The van der Waals surface area contributed by atoms with Crippen molar-refractivity contribution in [3.8, 4) is 0 Å². The molecule has 0 aromatic heterocycles. The molecule has 1 aromatic carbocycles. The second-order valence-electron chi connectivity index (χ2n) is 6.28. The van der Waals surface area contributed by atoms with Gasteiger partial charge in [-0.25, -0.2) is 4.39 Å². The quantitative estimate of drug-likeness (QED) is 0.857. The monoisotopic (exact) mass is 306 g/mol. The molecule has 2 aliphatic heterocycles. The van der Waals surface area contributed by atoms with Crippen LogP contribution in [0.1, 0.15) is 25.3 Å². The largest absolute Gasteiger partial charge is 0.363 e. The van der Waals surface area contributed by atoms with E-state index in [-0.39, 0.29) is 23.9 Å². The maximum atomic E-state index is 12.9. The molecular weight excluding hydrogens is 283 g/mol. The topological polar surface area (TPSA) is 32.8 Å². The lowest BCUT2D eigenvalue weighted by atomic mass is 9.89. The zero-order valence-corrected chi connectivity index (χ0v) is 13.1. The summed E-state index contributed by atoms with van der Waals surface area (Å²) in [5.74, 6) is -0.0943. The lowest BCUT2D eigenvalue weighted by molar-refractivity contribution is -0.171. The SMILES string of the molecule is CCN1CC2(CCN(Cc3ccc(F)cc3)CC2)OCC1=O. The van der Waals surface area contributed by atoms with Crippen LogP contribution >= 0.6 is 0 Å². The molecule has 0 radical (unpaired) electrons. The number of hydrogen-bond acceptors (Lipinski definition) is 3. The van der Waals surface area contributed by atoms with E-state index in [9.17, 15) is 9.18 Å². The molecule has 2 heterocycles. The van der Waals surface area contributed by atoms with Gasteiger partial charge in [0, 0.05) is 32.7 Å². The van der Waals surface area contributed by atoms with E-state index in [0.717, 1.165) is 44.6 Å². The van der Waals surface area contributed by atoms with Gasteiger partial charge in [-0.1, -0.05) is 12.1 Å². The third-order valence-corrected chi connectivity index (χ3v) is 4.80. The number of rotatable bonds is 3. The fourth-order valence-corrected chi connectivity index (χ4v) is 3.35. The fraction of sp³-hybridized carbons (Fsp3) is 0.588. The summed E-state index contributed by atoms with van der Waals surface area (Å²) in [6, 6.07) is 6.70. The number of halogens is 1. The molecule has 0 bridgehead atoms. The van der Waals surface area contributed by atoms with Crippen LogP contribution in [0.4, 0.5) is 4.39 Å². The average Bonchev–Trinajstić information content (AvgIpc) is 2.54. The van der Waals surface area contributed by atoms with Gasteiger partial charge in [0.15, 0.2) is 0 Å². The van der Waals surface area contributed by atoms with Crippen molar-refractivity contribution in [1.82, 2.24) is 9.80 Å². The summed E-state index contributed by atoms with van der Waals surface area (Å²) >= 11 is 0. The molecule has 1 amide bonds. The minimum Gasteiger partial charge on any atom is -0.363 e. The first-order valence-corrected chi connectivity index (χ1v) is 7.99. The van der Waals surface area contributed by atoms with E-state index >= 15 is 0 Å². The molecular formula is C17H23FN2O2. The number of nitrogens with zero attached hydrogens (tertiary/aromatic N) is 2. The van der Waals surface area contributed by atoms with Crippen molar-refractivity contribution in [3.63, 3.8) is 0 Å². The zero-order chi connectivity index (χ0) is 15.6. The smallest absolute Gasteiger partial charge is 0.248 e. The molecule has 0 unspecified atom stereocenters. The number of likely N-dealkylation sites (tertiary alicyclic amines) is 1. The van der Waals surface area contributed by atoms with E-state index in [4.69, 9.17) is 4.74 Å². The van der Waals surface area contributed by atoms with Gasteiger partial charge in [0.25, 0.3) is 0 Å². The molecule has 2 aliphatic rings. The Balaban J connectivity index is 1.56. The summed E-state index contributed by atoms with van der Waals surface area (Å²) in [6.07, 6.45) is 1.88. The van der Waals surface area contributed by atoms with Crippen LogP contribution in [0.2, 0.25) is 0 Å². The van der Waals surface area contributed by atoms with Gasteiger partial charge < -0.3 is 9.64 Å². The van der Waals surface area contributed by atoms with Crippen molar-refractivity contribution >= 4 is 5.91 Å². The van der Waals surface area contributed by atoms with Gasteiger partial charge in [-0.15, -0.1) is 0 Å². The third-order valence-electron chi connectivity index (χ3n) is 4.80. The minimum absolute atomic E-state index is 0.0990. The van der Waals surface area contributed by atoms with E-state index in [1.54, 1.807) is 0 Å². The molecule has 0 saturated carbocycles. The highest BCUT2D eigenvalue weighted by Gasteiger charge is 2.41. The molecule has 22 heavy (non-hydrogen) atoms. The normalized spacial score (nSPS) is 22.3. The van der Waals surface area contributed by atoms with Crippen molar-refractivity contribution in [2.24, 2.45) is 0 Å². The minimum atomic E-state index is -0.193. The molecule has 2 fully saturated rings. The third kappa shape index (κ3) is 3.31. The van der Waals surface area contributed by atoms with Gasteiger partial charge in [-0.3, -0.25) is 9.69 Å². The molecule has 3 rings (SSSR count). The number of carbonyl (C=O) groups is 1. The van der Waals surface area contributed by atoms with Gasteiger partial charge in [0.05, 0.1) is 5.60 Å². The summed E-state index contributed by atoms with van der Waals surface area (Å²) in [7, 11) is 0. The Morgan fingerprint density at radius 1 is 1.23 bits per heavy atom. The first-order valence-electron chi connectivity index (χ1n) is 7.99. The highest BCUT2D eigenvalue weighted by Crippen LogP contribution is 2.31. The summed E-state index contributed by atoms with van der Waals surface area (Å²) in [5, 5.41) is 0. The van der Waals surface area contributed by atoms with E-state index in [2.05, 4.69) is 4.90 Å². The predicted octanol–water partition coefficient (Wildman–Crippen LogP) is 2.04. The second-order valence-corrected chi connectivity index (χ2v) is 6.28. The zero-order valence-electron chi connectivity index (χ0n) is 13.1. The number of morpholine rings is 1. The number of hydrogen-bond donors (Lipinski definition) is 0. The van der Waals surface area contributed by atoms with Crippen LogP contribution in [-0.2, 0) is 16.1 Å². The molecule has 5 heteroatoms. The molecule has 0 aliphatic carbocycles. The van der Waals surface area contributed by atoms with Gasteiger partial charge in [-0.2, -0.15) is 0 Å². The lowest BCUT2D eigenvalue weighted by Crippen LogP contribution is -2.58. The van der Waals surface area contributed by atoms with Crippen LogP contribution in [0.15, 0.2) is 24.3 Å². The van der Waals surface area contributed by atoms with Crippen molar-refractivity contribution in [3.05, 3.63) is 35.6 Å². The summed E-state index contributed by atoms with van der Waals surface area (Å²) in [5.41, 5.74) is 0.968. The van der Waals surface area contributed by atoms with Crippen molar-refractivity contribution in [2.75, 3.05) is 32.8 Å². The maximum absolute atomic E-state index is 12.9. The number of benzene rings is 1. The van der Waals surface area contributed by atoms with Crippen LogP contribution in [-0.4, -0.2) is 54.1 Å². The first-order chi connectivity index (χ1) is 10.6. The first kappa shape index (κ1) is 15.4. The van der Waals surface area contributed by atoms with Crippen molar-refractivity contribution in [2.45, 2.75) is 31.9 Å². The van der Waals surface area contributed by atoms with Crippen molar-refractivity contribution < 1.29 is 13.9 Å². The standard InChI is InChI=1S/C17H23FN2O2/c1-2-20-13-17(22-12-16(20)21)7-9-19(10-8-17)11-14-3-5-15(18)6-4-14/h3-6H,2,7-13H2,1H3. The molecule has 4 nitrogen and oxygen atoms in total. The van der Waals surface area contributed by atoms with E-state index in [0.29, 0.717) is 6.54 Å². The Bertz CT molecular complexity index is 524. The second kappa shape index (κ2) is 6.34. The molecule has 1 spiro atoms. The highest BCUT2D eigenvalue weighted by atomic mass is 19.1. The van der Waals surface area contributed by atoms with Gasteiger partial charge in [-0.05, 0) is 37.5 Å². The molecule has 2 saturated heterocycles. The van der Waals surface area contributed by atoms with E-state index < -0.39 is 0 Å². The van der Waals surface area contributed by atoms with Gasteiger partial charge in [0.1, 0.15) is 12.4 Å². The van der Waals surface area contributed by atoms with Crippen LogP contribution in [0, 0.1) is 5.82 Å². The number of carbonyl (C=O) groups excluding carboxylic acids is 1. The Kier molecular flexibility index (Phi) is 4.45. The van der Waals surface area contributed by atoms with Crippen LogP contribution in [0.3, 0.4) is 0 Å². The van der Waals surface area contributed by atoms with E-state index in [1.807, 2.05) is 24.0 Å². The summed E-state index contributed by atoms with van der Waals surface area (Å²) in [6.45, 7) is 6.43. The number of piperidine rings is 1. The average molecular weight is 306 g/mol.